The summed E-state index contributed by atoms with van der Waals surface area (Å²) in [6.45, 7) is 0. The molecule has 0 aliphatic heterocycles. The SMILES string of the molecule is CS(=O)(=O)c1ccc(C(=O)Nc2ccc(Cl)c(-c3ncc(C=CC(=O)NO)cn3)c2)c(Cl)c1. The number of halogens is 2. The molecule has 0 aliphatic rings. The molecule has 0 spiro atoms. The van der Waals surface area contributed by atoms with Crippen LogP contribution in [-0.4, -0.2) is 41.7 Å². The minimum Gasteiger partial charge on any atom is -0.322 e. The minimum atomic E-state index is -3.46. The molecule has 0 bridgehead atoms. The summed E-state index contributed by atoms with van der Waals surface area (Å²) in [4.78, 5) is 32.1. The van der Waals surface area contributed by atoms with Gasteiger partial charge in [-0.3, -0.25) is 14.8 Å². The predicted molar refractivity (Wildman–Crippen MR) is 124 cm³/mol. The number of hydroxylamine groups is 1. The molecule has 3 aromatic rings. The standard InChI is InChI=1S/C21H16Cl2N4O5S/c1-33(31,32)14-4-5-15(18(23)9-14)21(29)26-13-3-6-17(22)16(8-13)20-24-10-12(11-25-20)2-7-19(28)27-30/h2-11,30H,1H3,(H,26,29)(H,27,28). The Morgan fingerprint density at radius 3 is 2.33 bits per heavy atom. The molecule has 0 atom stereocenters. The smallest absolute Gasteiger partial charge is 0.267 e. The van der Waals surface area contributed by atoms with Crippen LogP contribution in [0.3, 0.4) is 0 Å². The van der Waals surface area contributed by atoms with Gasteiger partial charge in [-0.15, -0.1) is 0 Å². The number of anilines is 1. The van der Waals surface area contributed by atoms with E-state index in [1.54, 1.807) is 18.2 Å². The number of rotatable bonds is 6. The van der Waals surface area contributed by atoms with E-state index in [1.807, 2.05) is 0 Å². The van der Waals surface area contributed by atoms with Gasteiger partial charge in [0.25, 0.3) is 11.8 Å². The quantitative estimate of drug-likeness (QED) is 0.263. The molecule has 0 unspecified atom stereocenters. The molecular formula is C21H16Cl2N4O5S. The van der Waals surface area contributed by atoms with Crippen molar-refractivity contribution >= 4 is 56.6 Å². The average Bonchev–Trinajstić information content (AvgIpc) is 2.78. The molecule has 0 aliphatic carbocycles. The van der Waals surface area contributed by atoms with Gasteiger partial charge in [-0.1, -0.05) is 23.2 Å². The van der Waals surface area contributed by atoms with Crippen molar-refractivity contribution in [1.29, 1.82) is 0 Å². The molecule has 33 heavy (non-hydrogen) atoms. The Labute approximate surface area is 199 Å². The summed E-state index contributed by atoms with van der Waals surface area (Å²) in [6, 6.07) is 8.56. The first-order valence-electron chi connectivity index (χ1n) is 9.13. The van der Waals surface area contributed by atoms with Crippen LogP contribution >= 0.6 is 23.2 Å². The third kappa shape index (κ3) is 6.14. The van der Waals surface area contributed by atoms with Crippen LogP contribution in [0.15, 0.2) is 59.8 Å². The normalized spacial score (nSPS) is 11.4. The van der Waals surface area contributed by atoms with Crippen LogP contribution in [0.5, 0.6) is 0 Å². The number of aromatic nitrogens is 2. The lowest BCUT2D eigenvalue weighted by atomic mass is 10.1. The number of benzene rings is 2. The van der Waals surface area contributed by atoms with E-state index in [0.717, 1.165) is 12.3 Å². The highest BCUT2D eigenvalue weighted by atomic mass is 35.5. The number of hydrogen-bond acceptors (Lipinski definition) is 7. The molecular weight excluding hydrogens is 491 g/mol. The van der Waals surface area contributed by atoms with E-state index in [1.165, 1.54) is 42.1 Å². The average molecular weight is 507 g/mol. The predicted octanol–water partition coefficient (Wildman–Crippen LogP) is 3.62. The van der Waals surface area contributed by atoms with Crippen LogP contribution in [0.4, 0.5) is 5.69 Å². The van der Waals surface area contributed by atoms with Crippen molar-refractivity contribution in [1.82, 2.24) is 15.4 Å². The summed E-state index contributed by atoms with van der Waals surface area (Å²) >= 11 is 12.4. The zero-order valence-electron chi connectivity index (χ0n) is 16.9. The number of nitrogens with zero attached hydrogens (tertiary/aromatic N) is 2. The second-order valence-electron chi connectivity index (χ2n) is 6.71. The Balaban J connectivity index is 1.83. The van der Waals surface area contributed by atoms with Gasteiger partial charge >= 0.3 is 0 Å². The van der Waals surface area contributed by atoms with Crippen LogP contribution in [0, 0.1) is 0 Å². The minimum absolute atomic E-state index is 0.00487. The largest absolute Gasteiger partial charge is 0.322 e. The van der Waals surface area contributed by atoms with Gasteiger partial charge in [0, 0.05) is 41.5 Å². The number of amides is 2. The third-order valence-electron chi connectivity index (χ3n) is 4.29. The van der Waals surface area contributed by atoms with E-state index in [4.69, 9.17) is 28.4 Å². The molecule has 0 saturated heterocycles. The lowest BCUT2D eigenvalue weighted by molar-refractivity contribution is -0.124. The maximum absolute atomic E-state index is 12.7. The van der Waals surface area contributed by atoms with Crippen LogP contribution in [-0.2, 0) is 14.6 Å². The molecule has 0 fully saturated rings. The summed E-state index contributed by atoms with van der Waals surface area (Å²) in [5.41, 5.74) is 2.90. The number of nitrogens with one attached hydrogen (secondary N) is 2. The number of carbonyl (C=O) groups excluding carboxylic acids is 2. The Kier molecular flexibility index (Phi) is 7.44. The van der Waals surface area contributed by atoms with Crippen molar-refractivity contribution in [2.75, 3.05) is 11.6 Å². The second-order valence-corrected chi connectivity index (χ2v) is 9.54. The van der Waals surface area contributed by atoms with Gasteiger partial charge in [-0.2, -0.15) is 0 Å². The Morgan fingerprint density at radius 2 is 1.73 bits per heavy atom. The van der Waals surface area contributed by atoms with Gasteiger partial charge < -0.3 is 5.32 Å². The lowest BCUT2D eigenvalue weighted by Gasteiger charge is -2.10. The molecule has 170 valence electrons. The third-order valence-corrected chi connectivity index (χ3v) is 6.04. The van der Waals surface area contributed by atoms with E-state index >= 15 is 0 Å². The van der Waals surface area contributed by atoms with Gasteiger partial charge in [0.1, 0.15) is 0 Å². The van der Waals surface area contributed by atoms with Crippen molar-refractivity contribution in [2.24, 2.45) is 0 Å². The molecule has 2 aromatic carbocycles. The molecule has 0 saturated carbocycles. The lowest BCUT2D eigenvalue weighted by Crippen LogP contribution is -2.14. The van der Waals surface area contributed by atoms with Crippen molar-refractivity contribution in [3.05, 3.63) is 76.0 Å². The topological polar surface area (TPSA) is 138 Å². The number of hydrogen-bond donors (Lipinski definition) is 3. The van der Waals surface area contributed by atoms with Crippen molar-refractivity contribution in [2.45, 2.75) is 4.90 Å². The fourth-order valence-corrected chi connectivity index (χ4v) is 3.84. The van der Waals surface area contributed by atoms with Gasteiger partial charge in [0.05, 0.1) is 20.5 Å². The first-order valence-corrected chi connectivity index (χ1v) is 11.8. The maximum Gasteiger partial charge on any atom is 0.267 e. The molecule has 1 heterocycles. The zero-order chi connectivity index (χ0) is 24.2. The summed E-state index contributed by atoms with van der Waals surface area (Å²) in [5, 5.41) is 11.5. The fourth-order valence-electron chi connectivity index (χ4n) is 2.66. The van der Waals surface area contributed by atoms with Gasteiger partial charge in [0.2, 0.25) is 0 Å². The highest BCUT2D eigenvalue weighted by molar-refractivity contribution is 7.90. The zero-order valence-corrected chi connectivity index (χ0v) is 19.2. The molecule has 12 heteroatoms. The van der Waals surface area contributed by atoms with Crippen molar-refractivity contribution in [3.63, 3.8) is 0 Å². The Morgan fingerprint density at radius 1 is 1.03 bits per heavy atom. The summed E-state index contributed by atoms with van der Waals surface area (Å²) in [6.07, 6.45) is 6.47. The highest BCUT2D eigenvalue weighted by Gasteiger charge is 2.16. The van der Waals surface area contributed by atoms with Crippen LogP contribution in [0.25, 0.3) is 17.5 Å². The van der Waals surface area contributed by atoms with Crippen LogP contribution in [0.1, 0.15) is 15.9 Å². The molecule has 0 radical (unpaired) electrons. The first-order chi connectivity index (χ1) is 15.6. The van der Waals surface area contributed by atoms with E-state index in [0.29, 0.717) is 21.8 Å². The van der Waals surface area contributed by atoms with Gasteiger partial charge in [-0.25, -0.2) is 23.9 Å². The van der Waals surface area contributed by atoms with E-state index in [2.05, 4.69) is 15.3 Å². The van der Waals surface area contributed by atoms with E-state index in [-0.39, 0.29) is 21.3 Å². The van der Waals surface area contributed by atoms with Crippen LogP contribution in [0.2, 0.25) is 10.0 Å². The first kappa shape index (κ1) is 24.3. The van der Waals surface area contributed by atoms with Crippen LogP contribution < -0.4 is 10.8 Å². The Bertz CT molecular complexity index is 1360. The monoisotopic (exact) mass is 506 g/mol. The highest BCUT2D eigenvalue weighted by Crippen LogP contribution is 2.29. The van der Waals surface area contributed by atoms with Crippen molar-refractivity contribution < 1.29 is 23.2 Å². The fraction of sp³-hybridized carbons (Fsp3) is 0.0476. The Hall–Kier alpha value is -3.31. The second kappa shape index (κ2) is 10.1. The summed E-state index contributed by atoms with van der Waals surface area (Å²) in [5.74, 6) is -0.969. The summed E-state index contributed by atoms with van der Waals surface area (Å²) < 4.78 is 23.3. The number of sulfone groups is 1. The molecule has 9 nitrogen and oxygen atoms in total. The van der Waals surface area contributed by atoms with E-state index < -0.39 is 21.7 Å². The summed E-state index contributed by atoms with van der Waals surface area (Å²) in [7, 11) is -3.46. The maximum atomic E-state index is 12.7. The molecule has 3 N–H and O–H groups in total. The molecule has 1 aromatic heterocycles. The number of carbonyl (C=O) groups is 2. The molecule has 2 amide bonds. The molecule has 3 rings (SSSR count). The van der Waals surface area contributed by atoms with Gasteiger partial charge in [-0.05, 0) is 42.5 Å². The van der Waals surface area contributed by atoms with Gasteiger partial charge in [0.15, 0.2) is 15.7 Å². The van der Waals surface area contributed by atoms with Crippen molar-refractivity contribution in [3.8, 4) is 11.4 Å². The van der Waals surface area contributed by atoms with E-state index in [9.17, 15) is 18.0 Å².